The van der Waals surface area contributed by atoms with Crippen molar-refractivity contribution in [2.24, 2.45) is 28.6 Å². The number of Topliss-reactive ketones (excluding diaryl/α,β-unsaturated/α-hetero) is 1. The van der Waals surface area contributed by atoms with E-state index in [0.717, 1.165) is 31.3 Å². The van der Waals surface area contributed by atoms with E-state index in [0.29, 0.717) is 25.7 Å². The molecule has 0 radical (unpaired) electrons. The van der Waals surface area contributed by atoms with Gasteiger partial charge in [-0.2, -0.15) is 0 Å². The first-order valence-electron chi connectivity index (χ1n) is 11.9. The SMILES string of the molecule is CCCC(=O)O[C@]1(C(=O)CO)CC[C@H]2C3CCC4=CC(=O)CCC4(C)[C@H]3C(O)CC21C. The quantitative estimate of drug-likeness (QED) is 0.648. The van der Waals surface area contributed by atoms with Crippen molar-refractivity contribution in [1.29, 1.82) is 0 Å². The van der Waals surface area contributed by atoms with Crippen molar-refractivity contribution in [3.05, 3.63) is 11.6 Å². The summed E-state index contributed by atoms with van der Waals surface area (Å²) >= 11 is 0. The Bertz CT molecular complexity index is 817. The summed E-state index contributed by atoms with van der Waals surface area (Å²) in [6, 6.07) is 0. The summed E-state index contributed by atoms with van der Waals surface area (Å²) in [5.41, 5.74) is -1.12. The van der Waals surface area contributed by atoms with Gasteiger partial charge in [0.2, 0.25) is 5.78 Å². The maximum absolute atomic E-state index is 13.1. The zero-order chi connectivity index (χ0) is 22.6. The lowest BCUT2D eigenvalue weighted by Crippen LogP contribution is -2.63. The van der Waals surface area contributed by atoms with Gasteiger partial charge in [0, 0.05) is 18.3 Å². The van der Waals surface area contributed by atoms with Crippen LogP contribution in [-0.2, 0) is 19.1 Å². The van der Waals surface area contributed by atoms with Crippen LogP contribution in [0.1, 0.15) is 78.6 Å². The second-order valence-electron chi connectivity index (χ2n) is 10.7. The lowest BCUT2D eigenvalue weighted by atomic mass is 9.45. The first-order valence-corrected chi connectivity index (χ1v) is 11.9. The number of hydrogen-bond donors (Lipinski definition) is 2. The molecule has 0 aromatic rings. The van der Waals surface area contributed by atoms with Crippen molar-refractivity contribution in [3.8, 4) is 0 Å². The van der Waals surface area contributed by atoms with E-state index in [1.54, 1.807) is 6.08 Å². The fourth-order valence-electron chi connectivity index (χ4n) is 7.94. The van der Waals surface area contributed by atoms with Crippen molar-refractivity contribution >= 4 is 17.5 Å². The first kappa shape index (κ1) is 22.7. The van der Waals surface area contributed by atoms with Gasteiger partial charge in [-0.3, -0.25) is 14.4 Å². The van der Waals surface area contributed by atoms with E-state index in [4.69, 9.17) is 4.74 Å². The number of aliphatic hydroxyl groups excluding tert-OH is 2. The molecule has 4 aliphatic carbocycles. The fraction of sp³-hybridized carbons (Fsp3) is 0.800. The summed E-state index contributed by atoms with van der Waals surface area (Å²) < 4.78 is 5.92. The van der Waals surface area contributed by atoms with Gasteiger partial charge in [-0.05, 0) is 74.2 Å². The van der Waals surface area contributed by atoms with E-state index < -0.39 is 35.5 Å². The molecule has 2 N–H and O–H groups in total. The van der Waals surface area contributed by atoms with Crippen LogP contribution in [0.3, 0.4) is 0 Å². The normalized spacial score (nSPS) is 44.0. The summed E-state index contributed by atoms with van der Waals surface area (Å²) in [4.78, 5) is 37.6. The molecular weight excluding hydrogens is 396 g/mol. The molecule has 4 unspecified atom stereocenters. The molecule has 0 saturated heterocycles. The van der Waals surface area contributed by atoms with Gasteiger partial charge in [-0.15, -0.1) is 0 Å². The van der Waals surface area contributed by atoms with E-state index in [-0.39, 0.29) is 35.4 Å². The Morgan fingerprint density at radius 2 is 1.94 bits per heavy atom. The van der Waals surface area contributed by atoms with Gasteiger partial charge in [0.25, 0.3) is 0 Å². The van der Waals surface area contributed by atoms with Crippen LogP contribution < -0.4 is 0 Å². The highest BCUT2D eigenvalue weighted by Gasteiger charge is 2.70. The van der Waals surface area contributed by atoms with Gasteiger partial charge < -0.3 is 14.9 Å². The maximum atomic E-state index is 13.1. The monoisotopic (exact) mass is 432 g/mol. The minimum absolute atomic E-state index is 0.0325. The molecule has 7 atom stereocenters. The lowest BCUT2D eigenvalue weighted by Gasteiger charge is -2.60. The summed E-state index contributed by atoms with van der Waals surface area (Å²) in [7, 11) is 0. The third kappa shape index (κ3) is 3.16. The Labute approximate surface area is 184 Å². The number of rotatable bonds is 5. The zero-order valence-electron chi connectivity index (χ0n) is 19.0. The average molecular weight is 433 g/mol. The maximum Gasteiger partial charge on any atom is 0.306 e. The second-order valence-corrected chi connectivity index (χ2v) is 10.7. The molecular formula is C25H36O6. The molecule has 31 heavy (non-hydrogen) atoms. The molecule has 0 spiro atoms. The highest BCUT2D eigenvalue weighted by molar-refractivity contribution is 5.92. The summed E-state index contributed by atoms with van der Waals surface area (Å²) in [6.07, 6.45) is 6.48. The number of carbonyl (C=O) groups is 3. The number of hydrogen-bond acceptors (Lipinski definition) is 6. The molecule has 0 bridgehead atoms. The Kier molecular flexibility index (Phi) is 5.70. The number of aliphatic hydroxyl groups is 2. The van der Waals surface area contributed by atoms with Crippen molar-refractivity contribution < 1.29 is 29.3 Å². The molecule has 4 aliphatic rings. The molecule has 6 nitrogen and oxygen atoms in total. The highest BCUT2D eigenvalue weighted by atomic mass is 16.6. The number of allylic oxidation sites excluding steroid dienone is 1. The summed E-state index contributed by atoms with van der Waals surface area (Å²) in [6.45, 7) is 5.39. The van der Waals surface area contributed by atoms with E-state index in [2.05, 4.69) is 6.92 Å². The van der Waals surface area contributed by atoms with E-state index in [1.165, 1.54) is 0 Å². The molecule has 0 aliphatic heterocycles. The minimum atomic E-state index is -1.37. The fourth-order valence-corrected chi connectivity index (χ4v) is 7.94. The van der Waals surface area contributed by atoms with Gasteiger partial charge in [-0.25, -0.2) is 0 Å². The molecule has 0 heterocycles. The van der Waals surface area contributed by atoms with E-state index in [9.17, 15) is 24.6 Å². The summed E-state index contributed by atoms with van der Waals surface area (Å²) in [5.74, 6) is -0.320. The number of ether oxygens (including phenoxy) is 1. The standard InChI is InChI=1S/C25H36O6/c1-4-5-21(30)31-25(20(29)14-26)11-9-18-17-7-6-15-12-16(27)8-10-23(15,2)22(17)19(28)13-24(18,25)3/h12,17-19,22,26,28H,4-11,13-14H2,1-3H3/t17?,18-,19?,22+,23?,24?,25-/m0/s1. The molecule has 0 aromatic heterocycles. The Morgan fingerprint density at radius 1 is 1.19 bits per heavy atom. The number of fused-ring (bicyclic) bond motifs is 5. The Hall–Kier alpha value is -1.53. The Balaban J connectivity index is 1.73. The third-order valence-corrected chi connectivity index (χ3v) is 9.35. The van der Waals surface area contributed by atoms with Crippen LogP contribution in [0.4, 0.5) is 0 Å². The molecule has 3 fully saturated rings. The van der Waals surface area contributed by atoms with Crippen LogP contribution in [0.2, 0.25) is 0 Å². The summed E-state index contributed by atoms with van der Waals surface area (Å²) in [5, 5.41) is 21.3. The van der Waals surface area contributed by atoms with Crippen molar-refractivity contribution in [2.75, 3.05) is 6.61 Å². The third-order valence-electron chi connectivity index (χ3n) is 9.35. The van der Waals surface area contributed by atoms with Crippen LogP contribution in [-0.4, -0.2) is 46.1 Å². The van der Waals surface area contributed by atoms with Crippen LogP contribution >= 0.6 is 0 Å². The van der Waals surface area contributed by atoms with Gasteiger partial charge in [0.1, 0.15) is 6.61 Å². The first-order chi connectivity index (χ1) is 14.6. The number of esters is 1. The minimum Gasteiger partial charge on any atom is -0.450 e. The predicted molar refractivity (Wildman–Crippen MR) is 114 cm³/mol. The molecule has 0 aromatic carbocycles. The van der Waals surface area contributed by atoms with Gasteiger partial charge in [-0.1, -0.05) is 26.3 Å². The lowest BCUT2D eigenvalue weighted by molar-refractivity contribution is -0.202. The van der Waals surface area contributed by atoms with Gasteiger partial charge >= 0.3 is 5.97 Å². The predicted octanol–water partition coefficient (Wildman–Crippen LogP) is 3.13. The van der Waals surface area contributed by atoms with Crippen molar-refractivity contribution in [3.63, 3.8) is 0 Å². The van der Waals surface area contributed by atoms with Crippen LogP contribution in [0.25, 0.3) is 0 Å². The average Bonchev–Trinajstić information content (AvgIpc) is 3.00. The van der Waals surface area contributed by atoms with E-state index in [1.807, 2.05) is 13.8 Å². The topological polar surface area (TPSA) is 101 Å². The highest BCUT2D eigenvalue weighted by Crippen LogP contribution is 2.68. The van der Waals surface area contributed by atoms with E-state index >= 15 is 0 Å². The smallest absolute Gasteiger partial charge is 0.306 e. The molecule has 3 saturated carbocycles. The number of ketones is 2. The van der Waals surface area contributed by atoms with Crippen molar-refractivity contribution in [2.45, 2.75) is 90.3 Å². The van der Waals surface area contributed by atoms with Gasteiger partial charge in [0.15, 0.2) is 11.4 Å². The van der Waals surface area contributed by atoms with Crippen LogP contribution in [0.5, 0.6) is 0 Å². The molecule has 6 heteroatoms. The molecule has 0 amide bonds. The molecule has 172 valence electrons. The number of carbonyl (C=O) groups excluding carboxylic acids is 3. The zero-order valence-corrected chi connectivity index (χ0v) is 19.0. The van der Waals surface area contributed by atoms with Crippen LogP contribution in [0.15, 0.2) is 11.6 Å². The Morgan fingerprint density at radius 3 is 2.61 bits per heavy atom. The van der Waals surface area contributed by atoms with Gasteiger partial charge in [0.05, 0.1) is 6.10 Å². The van der Waals surface area contributed by atoms with Crippen molar-refractivity contribution in [1.82, 2.24) is 0 Å². The second kappa shape index (κ2) is 7.80. The molecule has 4 rings (SSSR count). The van der Waals surface area contributed by atoms with Crippen LogP contribution in [0, 0.1) is 28.6 Å². The largest absolute Gasteiger partial charge is 0.450 e.